The van der Waals surface area contributed by atoms with Crippen molar-refractivity contribution >= 4 is 28.3 Å². The maximum atomic E-state index is 17.5. The van der Waals surface area contributed by atoms with Crippen LogP contribution in [0.4, 0.5) is 23.2 Å². The fraction of sp³-hybridized carbons (Fsp3) is 0.474. The van der Waals surface area contributed by atoms with Gasteiger partial charge >= 0.3 is 5.97 Å². The SMILES string of the molecule is C#Cc1c(F)ccc2cc(CC(=O)O)cc(-c3c(F)c4c(c(OC)c3F)C(N3CC5CCC(C3)N5)=NC(C)(OC[C@@]35CCCN3C[C@H](F)C5)N4)c12. The van der Waals surface area contributed by atoms with Gasteiger partial charge in [0.15, 0.2) is 17.4 Å². The van der Waals surface area contributed by atoms with Gasteiger partial charge in [-0.3, -0.25) is 9.69 Å². The van der Waals surface area contributed by atoms with Gasteiger partial charge in [0.05, 0.1) is 42.5 Å². The van der Waals surface area contributed by atoms with Crippen LogP contribution in [0.2, 0.25) is 0 Å². The Balaban J connectivity index is 1.32. The van der Waals surface area contributed by atoms with E-state index in [4.69, 9.17) is 20.9 Å². The van der Waals surface area contributed by atoms with E-state index in [2.05, 4.69) is 21.5 Å². The Morgan fingerprint density at radius 3 is 2.61 bits per heavy atom. The van der Waals surface area contributed by atoms with Crippen LogP contribution in [0.25, 0.3) is 21.9 Å². The van der Waals surface area contributed by atoms with Gasteiger partial charge in [-0.15, -0.1) is 6.42 Å². The summed E-state index contributed by atoms with van der Waals surface area (Å²) in [6.07, 6.45) is 8.18. The fourth-order valence-electron chi connectivity index (χ4n) is 9.05. The maximum absolute atomic E-state index is 17.5. The molecule has 0 saturated carbocycles. The summed E-state index contributed by atoms with van der Waals surface area (Å²) in [4.78, 5) is 20.9. The van der Waals surface area contributed by atoms with E-state index < -0.39 is 53.0 Å². The third-order valence-electron chi connectivity index (χ3n) is 11.2. The van der Waals surface area contributed by atoms with E-state index in [1.54, 1.807) is 6.92 Å². The largest absolute Gasteiger partial charge is 0.493 e. The molecule has 2 bridgehead atoms. The number of hydrogen-bond acceptors (Lipinski definition) is 8. The number of likely N-dealkylation sites (tertiary alicyclic amines) is 1. The molecule has 5 heterocycles. The molecule has 4 saturated heterocycles. The molecule has 0 spiro atoms. The number of methoxy groups -OCH3 is 1. The van der Waals surface area contributed by atoms with Crippen LogP contribution in [0.3, 0.4) is 0 Å². The van der Waals surface area contributed by atoms with Crippen LogP contribution in [0.1, 0.15) is 55.7 Å². The average Bonchev–Trinajstić information content (AvgIpc) is 3.74. The van der Waals surface area contributed by atoms with Crippen molar-refractivity contribution < 1.29 is 36.9 Å². The molecule has 5 atom stereocenters. The second-order valence-electron chi connectivity index (χ2n) is 14.6. The number of aliphatic carboxylic acids is 1. The van der Waals surface area contributed by atoms with Crippen molar-refractivity contribution in [1.29, 1.82) is 0 Å². The summed E-state index contributed by atoms with van der Waals surface area (Å²) in [5.41, 5.74) is -1.27. The number of ether oxygens (including phenoxy) is 2. The van der Waals surface area contributed by atoms with Crippen LogP contribution >= 0.6 is 0 Å². The molecule has 13 heteroatoms. The van der Waals surface area contributed by atoms with Gasteiger partial charge in [-0.2, -0.15) is 0 Å². The quantitative estimate of drug-likeness (QED) is 0.222. The van der Waals surface area contributed by atoms with E-state index in [9.17, 15) is 14.3 Å². The van der Waals surface area contributed by atoms with Gasteiger partial charge in [0.25, 0.3) is 0 Å². The Morgan fingerprint density at radius 1 is 1.14 bits per heavy atom. The van der Waals surface area contributed by atoms with Crippen molar-refractivity contribution in [3.8, 4) is 29.2 Å². The molecule has 0 amide bonds. The number of nitrogens with one attached hydrogen (secondary N) is 2. The molecule has 0 aliphatic carbocycles. The number of halogens is 4. The minimum atomic E-state index is -1.56. The fourth-order valence-corrected chi connectivity index (χ4v) is 9.05. The standard InChI is InChI=1S/C38H39F4N5O4/c1-4-25-27(40)9-6-21-12-20(14-28(48)49)13-26(29(21)25)30-32(41)34-31(35(50-3)33(30)42)36(46-17-23-7-8-24(18-46)43-23)45-37(2,44-34)51-19-38-10-5-11-47(38)16-22(39)15-38/h1,6,9,12-13,22-24,43-44H,5,7-8,10-11,14-19H2,2-3H3,(H,48,49)/t22-,23?,24?,37?,38+/m1/s1. The molecular weight excluding hydrogens is 666 g/mol. The Bertz CT molecular complexity index is 2020. The van der Waals surface area contributed by atoms with Gasteiger partial charge in [0, 0.05) is 56.0 Å². The zero-order valence-corrected chi connectivity index (χ0v) is 28.4. The van der Waals surface area contributed by atoms with Crippen LogP contribution < -0.4 is 15.4 Å². The topological polar surface area (TPSA) is 98.7 Å². The molecule has 268 valence electrons. The lowest BCUT2D eigenvalue weighted by atomic mass is 9.89. The molecule has 3 aromatic rings. The Morgan fingerprint density at radius 2 is 1.90 bits per heavy atom. The zero-order chi connectivity index (χ0) is 35.8. The Hall–Kier alpha value is -4.38. The Kier molecular flexibility index (Phi) is 8.20. The molecular formula is C38H39F4N5O4. The first-order valence-corrected chi connectivity index (χ1v) is 17.4. The van der Waals surface area contributed by atoms with E-state index in [-0.39, 0.29) is 57.8 Å². The third kappa shape index (κ3) is 5.59. The molecule has 5 aliphatic heterocycles. The molecule has 0 radical (unpaired) electrons. The molecule has 9 nitrogen and oxygen atoms in total. The summed E-state index contributed by atoms with van der Waals surface area (Å²) in [7, 11) is 1.27. The van der Waals surface area contributed by atoms with E-state index in [0.717, 1.165) is 38.3 Å². The van der Waals surface area contributed by atoms with Gasteiger partial charge in [-0.1, -0.05) is 18.1 Å². The van der Waals surface area contributed by atoms with Crippen LogP contribution in [-0.2, 0) is 16.0 Å². The number of fused-ring (bicyclic) bond motifs is 5. The maximum Gasteiger partial charge on any atom is 0.307 e. The lowest BCUT2D eigenvalue weighted by Crippen LogP contribution is -2.56. The molecule has 3 aromatic carbocycles. The van der Waals surface area contributed by atoms with Gasteiger partial charge in [0.2, 0.25) is 5.85 Å². The highest BCUT2D eigenvalue weighted by molar-refractivity contribution is 6.10. The van der Waals surface area contributed by atoms with Gasteiger partial charge < -0.3 is 30.1 Å². The van der Waals surface area contributed by atoms with Crippen LogP contribution in [0.5, 0.6) is 5.75 Å². The zero-order valence-electron chi connectivity index (χ0n) is 28.4. The van der Waals surface area contributed by atoms with Crippen molar-refractivity contribution in [1.82, 2.24) is 15.1 Å². The van der Waals surface area contributed by atoms with E-state index in [1.807, 2.05) is 4.90 Å². The molecule has 8 rings (SSSR count). The number of benzene rings is 3. The number of amidine groups is 1. The van der Waals surface area contributed by atoms with E-state index in [1.165, 1.54) is 25.3 Å². The highest BCUT2D eigenvalue weighted by Gasteiger charge is 2.51. The smallest absolute Gasteiger partial charge is 0.307 e. The summed E-state index contributed by atoms with van der Waals surface area (Å²) in [6, 6.07) is 5.69. The number of carboxylic acid groups (broad SMARTS) is 1. The number of terminal acetylenes is 1. The average molecular weight is 706 g/mol. The lowest BCUT2D eigenvalue weighted by molar-refractivity contribution is -0.136. The lowest BCUT2D eigenvalue weighted by Gasteiger charge is -2.42. The molecule has 51 heavy (non-hydrogen) atoms. The highest BCUT2D eigenvalue weighted by atomic mass is 19.1. The summed E-state index contributed by atoms with van der Waals surface area (Å²) in [5, 5.41) is 16.7. The first-order chi connectivity index (χ1) is 24.4. The summed E-state index contributed by atoms with van der Waals surface area (Å²) >= 11 is 0. The second kappa shape index (κ2) is 12.4. The third-order valence-corrected chi connectivity index (χ3v) is 11.2. The van der Waals surface area contributed by atoms with Crippen LogP contribution in [-0.4, -0.2) is 96.3 Å². The van der Waals surface area contributed by atoms with Crippen molar-refractivity contribution in [3.05, 3.63) is 58.4 Å². The molecule has 0 aromatic heterocycles. The summed E-state index contributed by atoms with van der Waals surface area (Å²) in [5.74, 6) is -3.29. The molecule has 5 aliphatic rings. The predicted molar refractivity (Wildman–Crippen MR) is 184 cm³/mol. The van der Waals surface area contributed by atoms with Gasteiger partial charge in [-0.05, 0) is 60.9 Å². The number of aliphatic imine (C=N–C) groups is 1. The van der Waals surface area contributed by atoms with Crippen molar-refractivity contribution in [3.63, 3.8) is 0 Å². The number of carboxylic acids is 1. The number of hydrogen-bond donors (Lipinski definition) is 3. The highest BCUT2D eigenvalue weighted by Crippen LogP contribution is 2.48. The molecule has 3 N–H and O–H groups in total. The predicted octanol–water partition coefficient (Wildman–Crippen LogP) is 5.42. The summed E-state index contributed by atoms with van der Waals surface area (Å²) < 4.78 is 76.7. The monoisotopic (exact) mass is 705 g/mol. The second-order valence-corrected chi connectivity index (χ2v) is 14.6. The summed E-state index contributed by atoms with van der Waals surface area (Å²) in [6.45, 7) is 3.96. The number of alkyl halides is 1. The number of anilines is 1. The van der Waals surface area contributed by atoms with E-state index in [0.29, 0.717) is 37.3 Å². The van der Waals surface area contributed by atoms with Crippen LogP contribution in [0.15, 0.2) is 29.3 Å². The Labute approximate surface area is 293 Å². The van der Waals surface area contributed by atoms with E-state index >= 15 is 13.2 Å². The van der Waals surface area contributed by atoms with Crippen molar-refractivity contribution in [2.75, 3.05) is 45.2 Å². The minimum Gasteiger partial charge on any atom is -0.493 e. The van der Waals surface area contributed by atoms with Crippen LogP contribution in [0, 0.1) is 29.8 Å². The number of carbonyl (C=O) groups is 1. The normalized spacial score (nSPS) is 28.3. The number of piperazine rings is 1. The molecule has 4 fully saturated rings. The van der Waals surface area contributed by atoms with Gasteiger partial charge in [-0.25, -0.2) is 22.6 Å². The first-order valence-electron chi connectivity index (χ1n) is 17.4. The first kappa shape index (κ1) is 33.7. The van der Waals surface area contributed by atoms with Crippen molar-refractivity contribution in [2.24, 2.45) is 4.99 Å². The number of rotatable bonds is 7. The molecule has 3 unspecified atom stereocenters. The van der Waals surface area contributed by atoms with Crippen molar-refractivity contribution in [2.45, 2.75) is 75.1 Å². The van der Waals surface area contributed by atoms with Gasteiger partial charge in [0.1, 0.15) is 17.8 Å². The minimum absolute atomic E-state index is 0.0521. The number of nitrogens with zero attached hydrogens (tertiary/aromatic N) is 3.